The zero-order valence-electron chi connectivity index (χ0n) is 6.39. The van der Waals surface area contributed by atoms with Crippen LogP contribution in [-0.2, 0) is 0 Å². The van der Waals surface area contributed by atoms with Crippen molar-refractivity contribution in [3.8, 4) is 0 Å². The number of aromatic nitrogens is 1. The van der Waals surface area contributed by atoms with E-state index in [0.29, 0.717) is 10.5 Å². The molecule has 4 heteroatoms. The molecule has 0 aliphatic heterocycles. The van der Waals surface area contributed by atoms with E-state index in [1.165, 1.54) is 12.1 Å². The highest BCUT2D eigenvalue weighted by atomic mass is 127. The third-order valence-electron chi connectivity index (χ3n) is 1.72. The average Bonchev–Trinajstić information content (AvgIpc) is 2.12. The molecule has 1 nitrogen and oxygen atoms in total. The molecule has 0 saturated heterocycles. The summed E-state index contributed by atoms with van der Waals surface area (Å²) in [5.41, 5.74) is 0.588. The van der Waals surface area contributed by atoms with E-state index in [0.717, 1.165) is 8.96 Å². The van der Waals surface area contributed by atoms with Crippen LogP contribution in [0.3, 0.4) is 0 Å². The minimum Gasteiger partial charge on any atom is -0.255 e. The molecule has 0 bridgehead atoms. The van der Waals surface area contributed by atoms with Gasteiger partial charge in [-0.25, -0.2) is 4.39 Å². The molecule has 2 aromatic rings. The molecule has 0 atom stereocenters. The van der Waals surface area contributed by atoms with Gasteiger partial charge in [0.05, 0.1) is 14.1 Å². The quantitative estimate of drug-likeness (QED) is 0.677. The van der Waals surface area contributed by atoms with Crippen LogP contribution in [0.4, 0.5) is 4.39 Å². The lowest BCUT2D eigenvalue weighted by molar-refractivity contribution is 0.629. The largest absolute Gasteiger partial charge is 0.255 e. The number of fused-ring (bicyclic) bond motifs is 1. The van der Waals surface area contributed by atoms with Crippen molar-refractivity contribution in [2.75, 3.05) is 0 Å². The molecule has 2 rings (SSSR count). The van der Waals surface area contributed by atoms with E-state index in [1.54, 1.807) is 12.3 Å². The maximum Gasteiger partial charge on any atom is 0.125 e. The first-order valence-electron chi connectivity index (χ1n) is 3.58. The Kier molecular flexibility index (Phi) is 2.38. The predicted molar refractivity (Wildman–Crippen MR) is 59.4 cm³/mol. The Labute approximate surface area is 93.1 Å². The molecule has 1 aromatic carbocycles. The van der Waals surface area contributed by atoms with Crippen molar-refractivity contribution < 1.29 is 4.39 Å². The summed E-state index contributed by atoms with van der Waals surface area (Å²) >= 11 is 8.10. The topological polar surface area (TPSA) is 12.9 Å². The van der Waals surface area contributed by atoms with E-state index in [1.807, 2.05) is 0 Å². The number of hydrogen-bond donors (Lipinski definition) is 0. The molecule has 1 heterocycles. The Morgan fingerprint density at radius 3 is 2.92 bits per heavy atom. The fourth-order valence-corrected chi connectivity index (χ4v) is 1.75. The van der Waals surface area contributed by atoms with Crippen LogP contribution in [0.25, 0.3) is 10.9 Å². The first kappa shape index (κ1) is 9.15. The molecule has 0 aliphatic carbocycles. The molecule has 0 aliphatic rings. The van der Waals surface area contributed by atoms with E-state index in [2.05, 4.69) is 27.6 Å². The lowest BCUT2D eigenvalue weighted by Gasteiger charge is -2.01. The Balaban J connectivity index is 2.87. The van der Waals surface area contributed by atoms with Crippen molar-refractivity contribution in [1.29, 1.82) is 0 Å². The van der Waals surface area contributed by atoms with Crippen molar-refractivity contribution in [3.05, 3.63) is 38.8 Å². The first-order chi connectivity index (χ1) is 6.18. The minimum atomic E-state index is -0.294. The molecular formula is C9H4ClFIN. The van der Waals surface area contributed by atoms with Gasteiger partial charge in [0.2, 0.25) is 0 Å². The lowest BCUT2D eigenvalue weighted by Crippen LogP contribution is -1.84. The average molecular weight is 307 g/mol. The van der Waals surface area contributed by atoms with Crippen molar-refractivity contribution in [3.63, 3.8) is 0 Å². The fraction of sp³-hybridized carbons (Fsp3) is 0. The summed E-state index contributed by atoms with van der Waals surface area (Å²) in [4.78, 5) is 4.07. The summed E-state index contributed by atoms with van der Waals surface area (Å²) < 4.78 is 13.7. The molecule has 66 valence electrons. The predicted octanol–water partition coefficient (Wildman–Crippen LogP) is 3.63. The highest BCUT2D eigenvalue weighted by Crippen LogP contribution is 2.26. The molecule has 0 unspecified atom stereocenters. The van der Waals surface area contributed by atoms with Gasteiger partial charge in [0, 0.05) is 17.6 Å². The van der Waals surface area contributed by atoms with Gasteiger partial charge in [-0.15, -0.1) is 0 Å². The van der Waals surface area contributed by atoms with Crippen LogP contribution in [0, 0.1) is 9.39 Å². The van der Waals surface area contributed by atoms with Crippen LogP contribution in [0.15, 0.2) is 24.4 Å². The number of benzene rings is 1. The van der Waals surface area contributed by atoms with Crippen LogP contribution < -0.4 is 0 Å². The number of hydrogen-bond acceptors (Lipinski definition) is 1. The summed E-state index contributed by atoms with van der Waals surface area (Å²) in [6.07, 6.45) is 1.63. The zero-order valence-corrected chi connectivity index (χ0v) is 9.30. The standard InChI is InChI=1S/C9H4ClFIN/c10-9-6-2-1-5(11)3-8(6)13-4-7(9)12/h1-4H. The molecule has 0 N–H and O–H groups in total. The fourth-order valence-electron chi connectivity index (χ4n) is 1.11. The molecule has 0 saturated carbocycles. The van der Waals surface area contributed by atoms with Gasteiger partial charge >= 0.3 is 0 Å². The van der Waals surface area contributed by atoms with Gasteiger partial charge in [-0.05, 0) is 34.7 Å². The van der Waals surface area contributed by atoms with Crippen LogP contribution in [0.1, 0.15) is 0 Å². The van der Waals surface area contributed by atoms with E-state index in [-0.39, 0.29) is 5.82 Å². The van der Waals surface area contributed by atoms with E-state index in [9.17, 15) is 4.39 Å². The van der Waals surface area contributed by atoms with Crippen molar-refractivity contribution in [2.45, 2.75) is 0 Å². The van der Waals surface area contributed by atoms with Gasteiger partial charge in [-0.2, -0.15) is 0 Å². The monoisotopic (exact) mass is 307 g/mol. The second-order valence-corrected chi connectivity index (χ2v) is 4.12. The minimum absolute atomic E-state index is 0.294. The summed E-state index contributed by atoms with van der Waals surface area (Å²) in [5, 5.41) is 1.42. The molecule has 0 radical (unpaired) electrons. The van der Waals surface area contributed by atoms with Crippen LogP contribution in [0.2, 0.25) is 5.02 Å². The van der Waals surface area contributed by atoms with Gasteiger partial charge in [-0.3, -0.25) is 4.98 Å². The van der Waals surface area contributed by atoms with Crippen molar-refractivity contribution >= 4 is 45.1 Å². The van der Waals surface area contributed by atoms with Crippen molar-refractivity contribution in [2.24, 2.45) is 0 Å². The SMILES string of the molecule is Fc1ccc2c(Cl)c(I)cnc2c1. The Morgan fingerprint density at radius 2 is 2.15 bits per heavy atom. The Morgan fingerprint density at radius 1 is 1.38 bits per heavy atom. The van der Waals surface area contributed by atoms with Gasteiger partial charge in [0.25, 0.3) is 0 Å². The first-order valence-corrected chi connectivity index (χ1v) is 5.03. The molecule has 13 heavy (non-hydrogen) atoms. The molecular weight excluding hydrogens is 303 g/mol. The van der Waals surface area contributed by atoms with Gasteiger partial charge < -0.3 is 0 Å². The van der Waals surface area contributed by atoms with Gasteiger partial charge in [0.1, 0.15) is 5.82 Å². The third kappa shape index (κ3) is 1.62. The smallest absolute Gasteiger partial charge is 0.125 e. The maximum absolute atomic E-state index is 12.8. The van der Waals surface area contributed by atoms with Gasteiger partial charge in [0.15, 0.2) is 0 Å². The Hall–Kier alpha value is -0.420. The Bertz CT molecular complexity index is 472. The number of pyridine rings is 1. The van der Waals surface area contributed by atoms with Crippen LogP contribution in [-0.4, -0.2) is 4.98 Å². The summed E-state index contributed by atoms with van der Waals surface area (Å²) in [7, 11) is 0. The number of halogens is 3. The molecule has 0 fully saturated rings. The maximum atomic E-state index is 12.8. The normalized spacial score (nSPS) is 10.7. The summed E-state index contributed by atoms with van der Waals surface area (Å²) in [6.45, 7) is 0. The molecule has 0 amide bonds. The highest BCUT2D eigenvalue weighted by Gasteiger charge is 2.04. The molecule has 1 aromatic heterocycles. The van der Waals surface area contributed by atoms with E-state index < -0.39 is 0 Å². The summed E-state index contributed by atoms with van der Waals surface area (Å²) in [6, 6.07) is 4.39. The summed E-state index contributed by atoms with van der Waals surface area (Å²) in [5.74, 6) is -0.294. The van der Waals surface area contributed by atoms with E-state index >= 15 is 0 Å². The van der Waals surface area contributed by atoms with Crippen LogP contribution in [0.5, 0.6) is 0 Å². The van der Waals surface area contributed by atoms with Gasteiger partial charge in [-0.1, -0.05) is 11.6 Å². The zero-order chi connectivity index (χ0) is 9.42. The lowest BCUT2D eigenvalue weighted by atomic mass is 10.2. The van der Waals surface area contributed by atoms with Crippen LogP contribution >= 0.6 is 34.2 Å². The number of nitrogens with zero attached hydrogens (tertiary/aromatic N) is 1. The second-order valence-electron chi connectivity index (χ2n) is 2.58. The van der Waals surface area contributed by atoms with E-state index in [4.69, 9.17) is 11.6 Å². The second kappa shape index (κ2) is 3.38. The third-order valence-corrected chi connectivity index (χ3v) is 3.27. The number of rotatable bonds is 0. The van der Waals surface area contributed by atoms with Crippen molar-refractivity contribution in [1.82, 2.24) is 4.98 Å². The molecule has 0 spiro atoms. The highest BCUT2D eigenvalue weighted by molar-refractivity contribution is 14.1.